The van der Waals surface area contributed by atoms with Gasteiger partial charge in [0.05, 0.1) is 15.5 Å². The SMILES string of the molecule is CCCC[C@H](CC)CNC(=O)c1cc(S(=O)(=O)N(C)C)ccc1Cl. The van der Waals surface area contributed by atoms with Gasteiger partial charge in [0.25, 0.3) is 5.91 Å². The second kappa shape index (κ2) is 9.39. The molecule has 0 radical (unpaired) electrons. The van der Waals surface area contributed by atoms with Crippen molar-refractivity contribution in [3.63, 3.8) is 0 Å². The lowest BCUT2D eigenvalue weighted by Gasteiger charge is -2.16. The molecule has 0 saturated heterocycles. The van der Waals surface area contributed by atoms with Crippen LogP contribution in [0.5, 0.6) is 0 Å². The van der Waals surface area contributed by atoms with Gasteiger partial charge in [0, 0.05) is 20.6 Å². The number of nitrogens with zero attached hydrogens (tertiary/aromatic N) is 1. The van der Waals surface area contributed by atoms with E-state index in [4.69, 9.17) is 11.6 Å². The van der Waals surface area contributed by atoms with Crippen molar-refractivity contribution in [3.05, 3.63) is 28.8 Å². The molecule has 0 aliphatic rings. The van der Waals surface area contributed by atoms with Crippen LogP contribution in [0.1, 0.15) is 49.9 Å². The zero-order chi connectivity index (χ0) is 18.3. The van der Waals surface area contributed by atoms with Gasteiger partial charge >= 0.3 is 0 Å². The summed E-state index contributed by atoms with van der Waals surface area (Å²) < 4.78 is 25.5. The average molecular weight is 375 g/mol. The predicted molar refractivity (Wildman–Crippen MR) is 98.0 cm³/mol. The third-order valence-electron chi connectivity index (χ3n) is 4.06. The maximum atomic E-state index is 12.4. The summed E-state index contributed by atoms with van der Waals surface area (Å²) in [6.45, 7) is 4.81. The number of amides is 1. The van der Waals surface area contributed by atoms with Gasteiger partial charge in [-0.2, -0.15) is 0 Å². The normalized spacial score (nSPS) is 13.1. The average Bonchev–Trinajstić information content (AvgIpc) is 2.54. The van der Waals surface area contributed by atoms with Crippen LogP contribution in [0, 0.1) is 5.92 Å². The van der Waals surface area contributed by atoms with Crippen LogP contribution in [-0.2, 0) is 10.0 Å². The zero-order valence-corrected chi connectivity index (χ0v) is 16.4. The lowest BCUT2D eigenvalue weighted by molar-refractivity contribution is 0.0945. The van der Waals surface area contributed by atoms with Crippen molar-refractivity contribution in [1.29, 1.82) is 0 Å². The minimum Gasteiger partial charge on any atom is -0.352 e. The summed E-state index contributed by atoms with van der Waals surface area (Å²) in [6.07, 6.45) is 4.31. The number of sulfonamides is 1. The molecule has 7 heteroatoms. The molecule has 0 heterocycles. The molecule has 1 N–H and O–H groups in total. The van der Waals surface area contributed by atoms with Gasteiger partial charge in [-0.3, -0.25) is 4.79 Å². The Morgan fingerprint density at radius 3 is 2.50 bits per heavy atom. The van der Waals surface area contributed by atoms with Crippen LogP contribution in [-0.4, -0.2) is 39.3 Å². The molecular weight excluding hydrogens is 348 g/mol. The van der Waals surface area contributed by atoms with Crippen molar-refractivity contribution in [2.75, 3.05) is 20.6 Å². The summed E-state index contributed by atoms with van der Waals surface area (Å²) in [5.41, 5.74) is 0.185. The van der Waals surface area contributed by atoms with Gasteiger partial charge in [0.1, 0.15) is 0 Å². The van der Waals surface area contributed by atoms with E-state index >= 15 is 0 Å². The molecule has 1 aromatic carbocycles. The number of halogens is 1. The van der Waals surface area contributed by atoms with Crippen LogP contribution in [0.25, 0.3) is 0 Å². The highest BCUT2D eigenvalue weighted by molar-refractivity contribution is 7.89. The van der Waals surface area contributed by atoms with Gasteiger partial charge in [0.2, 0.25) is 10.0 Å². The number of carbonyl (C=O) groups excluding carboxylic acids is 1. The molecule has 1 aromatic rings. The number of hydrogen-bond donors (Lipinski definition) is 1. The van der Waals surface area contributed by atoms with Gasteiger partial charge in [-0.15, -0.1) is 0 Å². The third kappa shape index (κ3) is 5.46. The van der Waals surface area contributed by atoms with E-state index in [-0.39, 0.29) is 21.4 Å². The van der Waals surface area contributed by atoms with E-state index in [9.17, 15) is 13.2 Å². The molecule has 24 heavy (non-hydrogen) atoms. The van der Waals surface area contributed by atoms with Crippen LogP contribution < -0.4 is 5.32 Å². The highest BCUT2D eigenvalue weighted by atomic mass is 35.5. The highest BCUT2D eigenvalue weighted by Gasteiger charge is 2.21. The number of hydrogen-bond acceptors (Lipinski definition) is 3. The van der Waals surface area contributed by atoms with Crippen molar-refractivity contribution in [3.8, 4) is 0 Å². The van der Waals surface area contributed by atoms with Crippen LogP contribution in [0.2, 0.25) is 5.02 Å². The Hall–Kier alpha value is -1.11. The molecule has 1 rings (SSSR count). The summed E-state index contributed by atoms with van der Waals surface area (Å²) in [4.78, 5) is 12.5. The fourth-order valence-electron chi connectivity index (χ4n) is 2.33. The largest absolute Gasteiger partial charge is 0.352 e. The van der Waals surface area contributed by atoms with Crippen LogP contribution >= 0.6 is 11.6 Å². The van der Waals surface area contributed by atoms with E-state index in [2.05, 4.69) is 19.2 Å². The van der Waals surface area contributed by atoms with Crippen molar-refractivity contribution < 1.29 is 13.2 Å². The molecular formula is C17H27ClN2O3S. The minimum atomic E-state index is -3.60. The Labute approximate surface area is 150 Å². The van der Waals surface area contributed by atoms with E-state index in [1.54, 1.807) is 0 Å². The number of nitrogens with one attached hydrogen (secondary N) is 1. The minimum absolute atomic E-state index is 0.0556. The Morgan fingerprint density at radius 1 is 1.29 bits per heavy atom. The first-order valence-electron chi connectivity index (χ1n) is 8.24. The van der Waals surface area contributed by atoms with Crippen molar-refractivity contribution in [2.24, 2.45) is 5.92 Å². The van der Waals surface area contributed by atoms with E-state index < -0.39 is 10.0 Å². The molecule has 0 unspecified atom stereocenters. The van der Waals surface area contributed by atoms with Crippen molar-refractivity contribution >= 4 is 27.5 Å². The third-order valence-corrected chi connectivity index (χ3v) is 6.20. The Morgan fingerprint density at radius 2 is 1.96 bits per heavy atom. The molecule has 0 saturated carbocycles. The predicted octanol–water partition coefficient (Wildman–Crippen LogP) is 3.54. The van der Waals surface area contributed by atoms with Gasteiger partial charge in [0.15, 0.2) is 0 Å². The first kappa shape index (κ1) is 20.9. The Kier molecular flexibility index (Phi) is 8.19. The van der Waals surface area contributed by atoms with E-state index in [0.717, 1.165) is 30.0 Å². The molecule has 0 aliphatic heterocycles. The van der Waals surface area contributed by atoms with Crippen molar-refractivity contribution in [2.45, 2.75) is 44.4 Å². The first-order valence-corrected chi connectivity index (χ1v) is 10.1. The molecule has 1 amide bonds. The smallest absolute Gasteiger partial charge is 0.252 e. The summed E-state index contributed by atoms with van der Waals surface area (Å²) in [7, 11) is -0.708. The number of unbranched alkanes of at least 4 members (excludes halogenated alkanes) is 1. The van der Waals surface area contributed by atoms with Crippen LogP contribution in [0.15, 0.2) is 23.1 Å². The summed E-state index contributed by atoms with van der Waals surface area (Å²) in [5, 5.41) is 3.12. The van der Waals surface area contributed by atoms with Crippen LogP contribution in [0.4, 0.5) is 0 Å². The maximum Gasteiger partial charge on any atom is 0.252 e. The fraction of sp³-hybridized carbons (Fsp3) is 0.588. The second-order valence-corrected chi connectivity index (χ2v) is 8.61. The Bertz CT molecular complexity index is 660. The van der Waals surface area contributed by atoms with Crippen LogP contribution in [0.3, 0.4) is 0 Å². The molecule has 0 bridgehead atoms. The lowest BCUT2D eigenvalue weighted by atomic mass is 9.99. The summed E-state index contributed by atoms with van der Waals surface area (Å²) >= 11 is 6.08. The molecule has 0 spiro atoms. The van der Waals surface area contributed by atoms with E-state index in [0.29, 0.717) is 12.5 Å². The standard InChI is InChI=1S/C17H27ClN2O3S/c1-5-7-8-13(6-2)12-19-17(21)15-11-14(9-10-16(15)18)24(22,23)20(3)4/h9-11,13H,5-8,12H2,1-4H3,(H,19,21)/t13-/m0/s1. The fourth-order valence-corrected chi connectivity index (χ4v) is 3.46. The zero-order valence-electron chi connectivity index (χ0n) is 14.8. The highest BCUT2D eigenvalue weighted by Crippen LogP contribution is 2.22. The topological polar surface area (TPSA) is 66.5 Å². The molecule has 5 nitrogen and oxygen atoms in total. The summed E-state index contributed by atoms with van der Waals surface area (Å²) in [6, 6.07) is 4.19. The van der Waals surface area contributed by atoms with Gasteiger partial charge in [-0.25, -0.2) is 12.7 Å². The van der Waals surface area contributed by atoms with E-state index in [1.165, 1.54) is 32.3 Å². The molecule has 0 fully saturated rings. The van der Waals surface area contributed by atoms with Crippen molar-refractivity contribution in [1.82, 2.24) is 9.62 Å². The maximum absolute atomic E-state index is 12.4. The monoisotopic (exact) mass is 374 g/mol. The van der Waals surface area contributed by atoms with E-state index in [1.807, 2.05) is 0 Å². The Balaban J connectivity index is 2.91. The number of carbonyl (C=O) groups is 1. The lowest BCUT2D eigenvalue weighted by Crippen LogP contribution is -2.30. The second-order valence-electron chi connectivity index (χ2n) is 6.06. The van der Waals surface area contributed by atoms with Gasteiger partial charge in [-0.1, -0.05) is 44.7 Å². The number of benzene rings is 1. The molecule has 0 aromatic heterocycles. The van der Waals surface area contributed by atoms with Gasteiger partial charge < -0.3 is 5.32 Å². The molecule has 1 atom stereocenters. The summed E-state index contributed by atoms with van der Waals surface area (Å²) in [5.74, 6) is 0.0760. The molecule has 136 valence electrons. The quantitative estimate of drug-likeness (QED) is 0.718. The molecule has 0 aliphatic carbocycles. The van der Waals surface area contributed by atoms with Gasteiger partial charge in [-0.05, 0) is 30.5 Å². The number of rotatable bonds is 9. The first-order chi connectivity index (χ1) is 11.2.